The van der Waals surface area contributed by atoms with Crippen LogP contribution in [-0.2, 0) is 4.79 Å². The number of alkyl halides is 1. The predicted octanol–water partition coefficient (Wildman–Crippen LogP) is 1.11. The lowest BCUT2D eigenvalue weighted by Crippen LogP contribution is -2.51. The number of guanidine groups is 1. The maximum Gasteiger partial charge on any atom is 0.289 e. The Morgan fingerprint density at radius 1 is 1.03 bits per heavy atom. The Balaban J connectivity index is 1.24. The first kappa shape index (κ1) is 18.6. The fourth-order valence-electron chi connectivity index (χ4n) is 3.62. The number of para-hydroxylation sites is 1. The second-order valence-electron chi connectivity index (χ2n) is 7.56. The topological polar surface area (TPSA) is 96.1 Å². The number of nitrogens with zero attached hydrogens (tertiary/aromatic N) is 7. The minimum Gasteiger partial charge on any atom is -0.337 e. The largest absolute Gasteiger partial charge is 0.337 e. The molecule has 1 unspecified atom stereocenters. The minimum atomic E-state index is -1.71. The summed E-state index contributed by atoms with van der Waals surface area (Å²) in [6.07, 6.45) is 1.48. The van der Waals surface area contributed by atoms with Crippen molar-refractivity contribution in [2.75, 3.05) is 26.2 Å². The van der Waals surface area contributed by atoms with Crippen molar-refractivity contribution >= 4 is 23.5 Å². The molecule has 2 amide bonds. The summed E-state index contributed by atoms with van der Waals surface area (Å²) < 4.78 is 14.1. The van der Waals surface area contributed by atoms with Crippen LogP contribution in [0.3, 0.4) is 0 Å². The van der Waals surface area contributed by atoms with Crippen LogP contribution >= 0.6 is 0 Å². The van der Waals surface area contributed by atoms with E-state index in [1.54, 1.807) is 4.90 Å². The summed E-state index contributed by atoms with van der Waals surface area (Å²) in [6, 6.07) is 9.37. The summed E-state index contributed by atoms with van der Waals surface area (Å²) in [5.74, 6) is -0.662. The van der Waals surface area contributed by atoms with Crippen molar-refractivity contribution in [1.29, 1.82) is 0 Å². The Morgan fingerprint density at radius 3 is 2.47 bits per heavy atom. The van der Waals surface area contributed by atoms with Gasteiger partial charge in [0.25, 0.3) is 11.8 Å². The molecule has 5 rings (SSSR count). The van der Waals surface area contributed by atoms with Crippen LogP contribution in [0.1, 0.15) is 23.3 Å². The van der Waals surface area contributed by atoms with Gasteiger partial charge in [-0.15, -0.1) is 5.10 Å². The number of hydrogen-bond acceptors (Lipinski definition) is 6. The van der Waals surface area contributed by atoms with Crippen LogP contribution in [0.15, 0.2) is 46.5 Å². The number of rotatable bonds is 3. The van der Waals surface area contributed by atoms with Gasteiger partial charge in [-0.05, 0) is 25.0 Å². The highest BCUT2D eigenvalue weighted by Gasteiger charge is 2.40. The highest BCUT2D eigenvalue weighted by atomic mass is 19.1. The molecule has 1 aromatic heterocycles. The summed E-state index contributed by atoms with van der Waals surface area (Å²) in [5.41, 5.74) is 1.35. The molecule has 1 aromatic carbocycles. The molecule has 0 bridgehead atoms. The third-order valence-corrected chi connectivity index (χ3v) is 5.46. The molecule has 0 N–H and O–H groups in total. The summed E-state index contributed by atoms with van der Waals surface area (Å²) in [6.45, 7) is 1.78. The van der Waals surface area contributed by atoms with Crippen molar-refractivity contribution in [3.8, 4) is 5.69 Å². The number of halogens is 1. The number of aliphatic imine (C=N–C) groups is 2. The first-order valence-electron chi connectivity index (χ1n) is 9.97. The third kappa shape index (κ3) is 3.49. The molecule has 30 heavy (non-hydrogen) atoms. The van der Waals surface area contributed by atoms with Gasteiger partial charge in [-0.3, -0.25) is 9.59 Å². The number of piperazine rings is 1. The van der Waals surface area contributed by atoms with Crippen LogP contribution in [0.2, 0.25) is 0 Å². The Bertz CT molecular complexity index is 1040. The zero-order valence-corrected chi connectivity index (χ0v) is 16.2. The van der Waals surface area contributed by atoms with Crippen LogP contribution in [0.25, 0.3) is 5.69 Å². The molecule has 10 heteroatoms. The van der Waals surface area contributed by atoms with Gasteiger partial charge in [0.2, 0.25) is 12.1 Å². The van der Waals surface area contributed by atoms with Crippen molar-refractivity contribution in [2.24, 2.45) is 15.9 Å². The first-order valence-corrected chi connectivity index (χ1v) is 9.97. The molecule has 2 aromatic rings. The van der Waals surface area contributed by atoms with Crippen molar-refractivity contribution in [1.82, 2.24) is 24.8 Å². The highest BCUT2D eigenvalue weighted by molar-refractivity contribution is 6.18. The molecule has 3 aliphatic rings. The maximum absolute atomic E-state index is 14.1. The molecule has 0 spiro atoms. The van der Waals surface area contributed by atoms with Crippen molar-refractivity contribution in [3.05, 3.63) is 42.2 Å². The number of hydrogen-bond donors (Lipinski definition) is 0. The van der Waals surface area contributed by atoms with E-state index in [-0.39, 0.29) is 23.5 Å². The average molecular weight is 409 g/mol. The van der Waals surface area contributed by atoms with E-state index in [1.165, 1.54) is 11.0 Å². The molecule has 0 radical (unpaired) electrons. The minimum absolute atomic E-state index is 0.0598. The number of amides is 2. The summed E-state index contributed by atoms with van der Waals surface area (Å²) in [7, 11) is 0. The van der Waals surface area contributed by atoms with Crippen LogP contribution in [0.5, 0.6) is 0 Å². The monoisotopic (exact) mass is 409 g/mol. The number of carbonyl (C=O) groups is 2. The van der Waals surface area contributed by atoms with E-state index in [0.29, 0.717) is 31.9 Å². The SMILES string of the molecule is O=C1N=C(N2CCN(C(=O)c3cnn(-c4ccccc4)n3)CC2)N=C(C2CC2)C1F. The van der Waals surface area contributed by atoms with E-state index in [1.807, 2.05) is 35.2 Å². The van der Waals surface area contributed by atoms with Gasteiger partial charge >= 0.3 is 0 Å². The van der Waals surface area contributed by atoms with Crippen molar-refractivity contribution in [3.63, 3.8) is 0 Å². The molecule has 154 valence electrons. The summed E-state index contributed by atoms with van der Waals surface area (Å²) in [4.78, 5) is 37.8. The van der Waals surface area contributed by atoms with Crippen LogP contribution in [0.4, 0.5) is 4.39 Å². The van der Waals surface area contributed by atoms with Crippen molar-refractivity contribution in [2.45, 2.75) is 19.0 Å². The zero-order chi connectivity index (χ0) is 20.7. The Hall–Kier alpha value is -3.43. The molecule has 2 fully saturated rings. The zero-order valence-electron chi connectivity index (χ0n) is 16.2. The Kier molecular flexibility index (Phi) is 4.61. The second-order valence-corrected chi connectivity index (χ2v) is 7.56. The van der Waals surface area contributed by atoms with Gasteiger partial charge in [0.15, 0.2) is 5.69 Å². The van der Waals surface area contributed by atoms with E-state index < -0.39 is 12.1 Å². The average Bonchev–Trinajstić information content (AvgIpc) is 3.51. The fraction of sp³-hybridized carbons (Fsp3) is 0.400. The number of aromatic nitrogens is 3. The third-order valence-electron chi connectivity index (χ3n) is 5.46. The molecule has 3 heterocycles. The quantitative estimate of drug-likeness (QED) is 0.757. The van der Waals surface area contributed by atoms with E-state index in [9.17, 15) is 14.0 Å². The van der Waals surface area contributed by atoms with Gasteiger partial charge in [0.1, 0.15) is 0 Å². The van der Waals surface area contributed by atoms with Gasteiger partial charge in [0, 0.05) is 32.1 Å². The molecule has 9 nitrogen and oxygen atoms in total. The Labute approximate surface area is 171 Å². The van der Waals surface area contributed by atoms with Crippen LogP contribution in [0, 0.1) is 5.92 Å². The fourth-order valence-corrected chi connectivity index (χ4v) is 3.62. The van der Waals surface area contributed by atoms with Gasteiger partial charge in [0.05, 0.1) is 17.6 Å². The molecule has 2 aliphatic heterocycles. The van der Waals surface area contributed by atoms with Gasteiger partial charge in [-0.25, -0.2) is 9.38 Å². The Morgan fingerprint density at radius 2 is 1.77 bits per heavy atom. The lowest BCUT2D eigenvalue weighted by molar-refractivity contribution is -0.120. The molecule has 1 aliphatic carbocycles. The van der Waals surface area contributed by atoms with E-state index in [2.05, 4.69) is 20.2 Å². The normalized spacial score (nSPS) is 22.0. The first-order chi connectivity index (χ1) is 14.6. The molecular weight excluding hydrogens is 389 g/mol. The smallest absolute Gasteiger partial charge is 0.289 e. The van der Waals surface area contributed by atoms with Crippen LogP contribution in [-0.4, -0.2) is 80.6 Å². The standard InChI is InChI=1S/C20H20FN7O2/c21-16-17(13-6-7-13)23-20(24-18(16)29)27-10-8-26(9-11-27)19(30)15-12-22-28(25-15)14-4-2-1-3-5-14/h1-5,12-13,16H,6-11H2. The number of benzene rings is 1. The van der Waals surface area contributed by atoms with Crippen molar-refractivity contribution < 1.29 is 14.0 Å². The lowest BCUT2D eigenvalue weighted by Gasteiger charge is -2.35. The van der Waals surface area contributed by atoms with Gasteiger partial charge in [-0.1, -0.05) is 18.2 Å². The summed E-state index contributed by atoms with van der Waals surface area (Å²) in [5, 5.41) is 8.46. The van der Waals surface area contributed by atoms with E-state index in [4.69, 9.17) is 0 Å². The predicted molar refractivity (Wildman–Crippen MR) is 106 cm³/mol. The number of carbonyl (C=O) groups excluding carboxylic acids is 2. The molecule has 1 atom stereocenters. The lowest BCUT2D eigenvalue weighted by atomic mass is 10.1. The van der Waals surface area contributed by atoms with E-state index >= 15 is 0 Å². The van der Waals surface area contributed by atoms with E-state index in [0.717, 1.165) is 18.5 Å². The van der Waals surface area contributed by atoms with Gasteiger partial charge in [-0.2, -0.15) is 14.9 Å². The van der Waals surface area contributed by atoms with Gasteiger partial charge < -0.3 is 9.80 Å². The molecular formula is C20H20FN7O2. The highest BCUT2D eigenvalue weighted by Crippen LogP contribution is 2.34. The molecule has 1 saturated carbocycles. The van der Waals surface area contributed by atoms with Crippen LogP contribution < -0.4 is 0 Å². The molecule has 1 saturated heterocycles. The maximum atomic E-state index is 14.1. The second kappa shape index (κ2) is 7.43. The summed E-state index contributed by atoms with van der Waals surface area (Å²) >= 11 is 0.